The maximum absolute atomic E-state index is 9.83. The maximum Gasteiger partial charge on any atom is 0.227 e. The fourth-order valence-electron chi connectivity index (χ4n) is 2.13. The van der Waals surface area contributed by atoms with Crippen molar-refractivity contribution in [2.75, 3.05) is 11.9 Å². The van der Waals surface area contributed by atoms with Crippen LogP contribution in [-0.2, 0) is 0 Å². The summed E-state index contributed by atoms with van der Waals surface area (Å²) < 4.78 is 0. The minimum atomic E-state index is -0.974. The fourth-order valence-corrected chi connectivity index (χ4v) is 2.33. The highest BCUT2D eigenvalue weighted by Crippen LogP contribution is 2.28. The minimum absolute atomic E-state index is 0.0664. The van der Waals surface area contributed by atoms with Crippen LogP contribution in [0.1, 0.15) is 12.2 Å². The Morgan fingerprint density at radius 2 is 2.00 bits per heavy atom. The summed E-state index contributed by atoms with van der Waals surface area (Å²) in [6.45, 7) is 1.50. The number of hydrogen-bond donors (Lipinski definition) is 4. The molecule has 100 valence electrons. The molecule has 1 aliphatic rings. The molecule has 1 aromatic rings. The Balaban J connectivity index is 2.10. The lowest BCUT2D eigenvalue weighted by molar-refractivity contribution is 0.00443. The Bertz CT molecular complexity index is 413. The average Bonchev–Trinajstić information content (AvgIpc) is 2.55. The van der Waals surface area contributed by atoms with Gasteiger partial charge in [-0.2, -0.15) is 9.97 Å². The van der Waals surface area contributed by atoms with Gasteiger partial charge in [0.25, 0.3) is 0 Å². The second kappa shape index (κ2) is 5.31. The Kier molecular flexibility index (Phi) is 3.96. The molecule has 1 fully saturated rings. The third-order valence-electron chi connectivity index (χ3n) is 3.07. The van der Waals surface area contributed by atoms with Crippen LogP contribution in [0.3, 0.4) is 0 Å². The quantitative estimate of drug-likeness (QED) is 0.579. The van der Waals surface area contributed by atoms with Gasteiger partial charge in [-0.1, -0.05) is 0 Å². The summed E-state index contributed by atoms with van der Waals surface area (Å²) in [6.07, 6.45) is -1.50. The van der Waals surface area contributed by atoms with E-state index >= 15 is 0 Å². The van der Waals surface area contributed by atoms with E-state index in [9.17, 15) is 10.2 Å². The van der Waals surface area contributed by atoms with Gasteiger partial charge in [-0.15, -0.1) is 0 Å². The van der Waals surface area contributed by atoms with Gasteiger partial charge in [0.05, 0.1) is 12.1 Å². The monoisotopic (exact) mass is 274 g/mol. The van der Waals surface area contributed by atoms with Crippen LogP contribution in [0.2, 0.25) is 5.28 Å². The van der Waals surface area contributed by atoms with E-state index in [1.54, 1.807) is 6.92 Å². The number of hydrogen-bond acceptors (Lipinski definition) is 7. The molecule has 4 N–H and O–H groups in total. The van der Waals surface area contributed by atoms with E-state index in [1.165, 1.54) is 0 Å². The van der Waals surface area contributed by atoms with Crippen LogP contribution >= 0.6 is 11.6 Å². The number of nitrogens with zero attached hydrogens (tertiary/aromatic N) is 3. The lowest BCUT2D eigenvalue weighted by Gasteiger charge is -2.17. The molecule has 0 radical (unpaired) electrons. The van der Waals surface area contributed by atoms with Gasteiger partial charge in [0.2, 0.25) is 11.2 Å². The Labute approximate surface area is 109 Å². The topological polar surface area (TPSA) is 111 Å². The first-order valence-electron chi connectivity index (χ1n) is 5.63. The summed E-state index contributed by atoms with van der Waals surface area (Å²) in [5, 5.41) is 31.5. The summed E-state index contributed by atoms with van der Waals surface area (Å²) in [4.78, 5) is 11.7. The van der Waals surface area contributed by atoms with Gasteiger partial charge in [0, 0.05) is 12.5 Å². The molecule has 4 atom stereocenters. The molecule has 1 aliphatic carbocycles. The van der Waals surface area contributed by atoms with Crippen molar-refractivity contribution in [1.29, 1.82) is 0 Å². The number of aromatic nitrogens is 3. The van der Waals surface area contributed by atoms with E-state index in [4.69, 9.17) is 16.7 Å². The summed E-state index contributed by atoms with van der Waals surface area (Å²) in [5.74, 6) is 0.363. The second-order valence-corrected chi connectivity index (χ2v) is 4.72. The molecule has 0 amide bonds. The van der Waals surface area contributed by atoms with Crippen LogP contribution in [0.5, 0.6) is 0 Å². The van der Waals surface area contributed by atoms with Crippen LogP contribution in [-0.4, -0.2) is 55.1 Å². The zero-order chi connectivity index (χ0) is 13.3. The molecule has 0 unspecified atom stereocenters. The van der Waals surface area contributed by atoms with E-state index in [1.807, 2.05) is 0 Å². The summed E-state index contributed by atoms with van der Waals surface area (Å²) in [6, 6.07) is -0.421. The number of nitrogens with one attached hydrogen (secondary N) is 1. The molecule has 1 aromatic heterocycles. The molecule has 0 aromatic carbocycles. The van der Waals surface area contributed by atoms with E-state index in [0.29, 0.717) is 12.2 Å². The SMILES string of the molecule is Cc1nc(Cl)nc(N[C@@H]2C[C@H](CO)[C@@H](O)[C@H]2O)n1. The summed E-state index contributed by atoms with van der Waals surface area (Å²) in [5.41, 5.74) is 0. The van der Waals surface area contributed by atoms with Crippen molar-refractivity contribution >= 4 is 17.5 Å². The van der Waals surface area contributed by atoms with Crippen LogP contribution in [0.15, 0.2) is 0 Å². The molecular formula is C10H15ClN4O3. The van der Waals surface area contributed by atoms with Crippen molar-refractivity contribution in [3.8, 4) is 0 Å². The van der Waals surface area contributed by atoms with Crippen molar-refractivity contribution < 1.29 is 15.3 Å². The lowest BCUT2D eigenvalue weighted by Crippen LogP contribution is -2.35. The third kappa shape index (κ3) is 2.69. The van der Waals surface area contributed by atoms with Crippen molar-refractivity contribution in [3.63, 3.8) is 0 Å². The zero-order valence-electron chi connectivity index (χ0n) is 9.78. The van der Waals surface area contributed by atoms with E-state index in [-0.39, 0.29) is 23.8 Å². The molecule has 0 saturated heterocycles. The number of aryl methyl sites for hydroxylation is 1. The molecule has 1 saturated carbocycles. The average molecular weight is 275 g/mol. The smallest absolute Gasteiger partial charge is 0.227 e. The zero-order valence-corrected chi connectivity index (χ0v) is 10.5. The predicted molar refractivity (Wildman–Crippen MR) is 64.2 cm³/mol. The normalized spacial score (nSPS) is 31.6. The molecule has 0 spiro atoms. The van der Waals surface area contributed by atoms with Crippen LogP contribution in [0, 0.1) is 12.8 Å². The molecule has 8 heteroatoms. The molecule has 18 heavy (non-hydrogen) atoms. The molecule has 7 nitrogen and oxygen atoms in total. The van der Waals surface area contributed by atoms with Gasteiger partial charge < -0.3 is 20.6 Å². The van der Waals surface area contributed by atoms with Gasteiger partial charge in [0.15, 0.2) is 0 Å². The molecular weight excluding hydrogens is 260 g/mol. The second-order valence-electron chi connectivity index (χ2n) is 4.39. The van der Waals surface area contributed by atoms with Crippen LogP contribution in [0.25, 0.3) is 0 Å². The van der Waals surface area contributed by atoms with E-state index in [2.05, 4.69) is 20.3 Å². The minimum Gasteiger partial charge on any atom is -0.396 e. The Hall–Kier alpha value is -1.02. The van der Waals surface area contributed by atoms with Gasteiger partial charge in [-0.05, 0) is 24.9 Å². The first-order chi connectivity index (χ1) is 8.51. The summed E-state index contributed by atoms with van der Waals surface area (Å²) in [7, 11) is 0. The molecule has 1 heterocycles. The first kappa shape index (κ1) is 13.4. The number of halogens is 1. The molecule has 0 aliphatic heterocycles. The largest absolute Gasteiger partial charge is 0.396 e. The highest BCUT2D eigenvalue weighted by atomic mass is 35.5. The van der Waals surface area contributed by atoms with Gasteiger partial charge in [0.1, 0.15) is 11.9 Å². The van der Waals surface area contributed by atoms with Gasteiger partial charge >= 0.3 is 0 Å². The number of anilines is 1. The van der Waals surface area contributed by atoms with Gasteiger partial charge in [-0.3, -0.25) is 0 Å². The molecule has 0 bridgehead atoms. The van der Waals surface area contributed by atoms with Crippen LogP contribution < -0.4 is 5.32 Å². The Morgan fingerprint density at radius 1 is 1.28 bits per heavy atom. The number of aliphatic hydroxyl groups excluding tert-OH is 3. The Morgan fingerprint density at radius 3 is 2.56 bits per heavy atom. The maximum atomic E-state index is 9.83. The number of aliphatic hydroxyl groups is 3. The summed E-state index contributed by atoms with van der Waals surface area (Å²) >= 11 is 5.70. The standard InChI is InChI=1S/C10H15ClN4O3/c1-4-12-9(11)15-10(13-4)14-6-2-5(3-16)7(17)8(6)18/h5-8,16-18H,2-3H2,1H3,(H,12,13,14,15)/t5-,6-,7-,8+/m1/s1. The molecule has 2 rings (SSSR count). The fraction of sp³-hybridized carbons (Fsp3) is 0.700. The van der Waals surface area contributed by atoms with Crippen molar-refractivity contribution in [3.05, 3.63) is 11.1 Å². The van der Waals surface area contributed by atoms with Crippen molar-refractivity contribution in [1.82, 2.24) is 15.0 Å². The highest BCUT2D eigenvalue weighted by molar-refractivity contribution is 6.28. The van der Waals surface area contributed by atoms with Crippen LogP contribution in [0.4, 0.5) is 5.95 Å². The highest BCUT2D eigenvalue weighted by Gasteiger charge is 2.41. The lowest BCUT2D eigenvalue weighted by atomic mass is 10.1. The number of rotatable bonds is 3. The third-order valence-corrected chi connectivity index (χ3v) is 3.24. The first-order valence-corrected chi connectivity index (χ1v) is 6.00. The van der Waals surface area contributed by atoms with Gasteiger partial charge in [-0.25, -0.2) is 4.98 Å². The van der Waals surface area contributed by atoms with E-state index < -0.39 is 18.2 Å². The van der Waals surface area contributed by atoms with Crippen molar-refractivity contribution in [2.45, 2.75) is 31.6 Å². The predicted octanol–water partition coefficient (Wildman–Crippen LogP) is -0.652. The van der Waals surface area contributed by atoms with Crippen molar-refractivity contribution in [2.24, 2.45) is 5.92 Å². The van der Waals surface area contributed by atoms with E-state index in [0.717, 1.165) is 0 Å².